The monoisotopic (exact) mass is 808 g/mol. The van der Waals surface area contributed by atoms with E-state index in [1.165, 1.54) is 0 Å². The van der Waals surface area contributed by atoms with Gasteiger partial charge in [0.1, 0.15) is 0 Å². The summed E-state index contributed by atoms with van der Waals surface area (Å²) in [6.45, 7) is 16.0. The number of benzene rings is 2. The van der Waals surface area contributed by atoms with E-state index in [0.717, 1.165) is 66.4 Å². The van der Waals surface area contributed by atoms with Crippen molar-refractivity contribution in [3.63, 3.8) is 0 Å². The van der Waals surface area contributed by atoms with Crippen LogP contribution in [-0.4, -0.2) is 29.9 Å². The van der Waals surface area contributed by atoms with Crippen LogP contribution in [0.15, 0.2) is 134 Å². The molecule has 0 aliphatic heterocycles. The predicted octanol–water partition coefficient (Wildman–Crippen LogP) is 13.3. The topological polar surface area (TPSA) is 77.3 Å². The zero-order valence-corrected chi connectivity index (χ0v) is 38.7. The van der Waals surface area contributed by atoms with Gasteiger partial charge in [-0.2, -0.15) is 0 Å². The summed E-state index contributed by atoms with van der Waals surface area (Å²) < 4.78 is 0. The van der Waals surface area contributed by atoms with Crippen molar-refractivity contribution in [2.45, 2.75) is 62.8 Å². The molecule has 272 valence electrons. The summed E-state index contributed by atoms with van der Waals surface area (Å²) in [6.07, 6.45) is 7.17. The Balaban J connectivity index is -0.000000744. The molecule has 0 saturated heterocycles. The first-order valence-corrected chi connectivity index (χ1v) is 17.0. The smallest absolute Gasteiger partial charge is 0.0973 e. The van der Waals surface area contributed by atoms with E-state index in [1.54, 1.807) is 12.4 Å². The second-order valence-corrected chi connectivity index (χ2v) is 9.25. The number of aromatic nitrogens is 6. The van der Waals surface area contributed by atoms with Crippen LogP contribution in [0.25, 0.3) is 66.4 Å². The maximum absolute atomic E-state index is 4.91. The fourth-order valence-electron chi connectivity index (χ4n) is 4.79. The molecule has 0 aliphatic carbocycles. The van der Waals surface area contributed by atoms with Crippen molar-refractivity contribution in [2.24, 2.45) is 0 Å². The molecule has 0 spiro atoms. The molecule has 2 aromatic carbocycles. The number of hydrogen-bond donors (Lipinski definition) is 0. The van der Waals surface area contributed by atoms with Crippen LogP contribution in [0.4, 0.5) is 0 Å². The fourth-order valence-corrected chi connectivity index (χ4v) is 4.79. The third-order valence-electron chi connectivity index (χ3n) is 6.70. The van der Waals surface area contributed by atoms with Gasteiger partial charge in [0.25, 0.3) is 0 Å². The molecule has 0 fully saturated rings. The van der Waals surface area contributed by atoms with Crippen LogP contribution in [0.2, 0.25) is 0 Å². The minimum absolute atomic E-state index is 0. The van der Waals surface area contributed by atoms with Crippen LogP contribution in [-0.2, 0) is 39.0 Å². The standard InChI is InChI=1S/C19H11N3.C15H11N3.4C2H6.CH4.2CH3.2Zn/c1-3-12-5-7-14-11-15-8-6-13-4-2-10-21-17(13)19(15)22-18(14)16(12)20-9-1;1-3-10-16-12(6-1)14-8-5-9-15(18-14)13-7-2-4-11-17-13;4*1-2;;;;;/h1-11H;1-11H;4*1-2H3;1H4;2*1H3;;/q;;;;;;;2*-1;;. The van der Waals surface area contributed by atoms with E-state index in [1.807, 2.05) is 135 Å². The maximum atomic E-state index is 4.91. The van der Waals surface area contributed by atoms with E-state index in [4.69, 9.17) is 4.98 Å². The molecule has 8 aromatic rings. The maximum Gasteiger partial charge on any atom is 0.0973 e. The Morgan fingerprint density at radius 2 is 0.679 bits per heavy atom. The molecule has 0 unspecified atom stereocenters. The van der Waals surface area contributed by atoms with Gasteiger partial charge in [-0.05, 0) is 54.6 Å². The molecule has 0 aliphatic rings. The summed E-state index contributed by atoms with van der Waals surface area (Å²) in [4.78, 5) is 27.1. The molecule has 0 bridgehead atoms. The van der Waals surface area contributed by atoms with E-state index < -0.39 is 0 Å². The Morgan fingerprint density at radius 1 is 0.321 bits per heavy atom. The van der Waals surface area contributed by atoms with Crippen LogP contribution >= 0.6 is 0 Å². The van der Waals surface area contributed by atoms with E-state index in [0.29, 0.717) is 0 Å². The number of hydrogen-bond acceptors (Lipinski definition) is 6. The summed E-state index contributed by atoms with van der Waals surface area (Å²) in [7, 11) is 0. The molecule has 53 heavy (non-hydrogen) atoms. The number of pyridine rings is 6. The molecule has 0 N–H and O–H groups in total. The average molecular weight is 812 g/mol. The van der Waals surface area contributed by atoms with Gasteiger partial charge in [-0.15, -0.1) is 0 Å². The van der Waals surface area contributed by atoms with Gasteiger partial charge in [-0.3, -0.25) is 19.9 Å². The molecule has 8 heteroatoms. The molecule has 0 amide bonds. The second kappa shape index (κ2) is 29.1. The first-order chi connectivity index (χ1) is 23.8. The summed E-state index contributed by atoms with van der Waals surface area (Å²) in [5, 5.41) is 4.42. The largest absolute Gasteiger partial charge is 0.358 e. The van der Waals surface area contributed by atoms with Crippen molar-refractivity contribution < 1.29 is 39.0 Å². The van der Waals surface area contributed by atoms with Gasteiger partial charge >= 0.3 is 0 Å². The molecule has 0 radical (unpaired) electrons. The van der Waals surface area contributed by atoms with Gasteiger partial charge < -0.3 is 14.9 Å². The summed E-state index contributed by atoms with van der Waals surface area (Å²) in [6, 6.07) is 36.1. The molecule has 6 aromatic heterocycles. The van der Waals surface area contributed by atoms with Crippen LogP contribution in [0.5, 0.6) is 0 Å². The van der Waals surface area contributed by atoms with Gasteiger partial charge in [0, 0.05) is 85.3 Å². The molecule has 8 rings (SSSR count). The Labute approximate surface area is 344 Å². The first-order valence-electron chi connectivity index (χ1n) is 17.0. The quantitative estimate of drug-likeness (QED) is 0.0749. The fraction of sp³-hybridized carbons (Fsp3) is 0.200. The minimum Gasteiger partial charge on any atom is -0.358 e. The predicted molar refractivity (Wildman–Crippen MR) is 226 cm³/mol. The molecule has 0 atom stereocenters. The van der Waals surface area contributed by atoms with Gasteiger partial charge in [0.2, 0.25) is 0 Å². The molecule has 0 saturated carbocycles. The molecule has 6 nitrogen and oxygen atoms in total. The van der Waals surface area contributed by atoms with E-state index in [2.05, 4.69) is 67.4 Å². The van der Waals surface area contributed by atoms with E-state index in [9.17, 15) is 0 Å². The summed E-state index contributed by atoms with van der Waals surface area (Å²) in [5.74, 6) is 0. The summed E-state index contributed by atoms with van der Waals surface area (Å²) in [5.41, 5.74) is 7.21. The Kier molecular flexibility index (Phi) is 29.1. The average Bonchev–Trinajstić information content (AvgIpc) is 3.21. The van der Waals surface area contributed by atoms with Crippen molar-refractivity contribution in [1.82, 2.24) is 29.9 Å². The number of nitrogens with zero attached hydrogens (tertiary/aromatic N) is 6. The molecular weight excluding hydrogens is 755 g/mol. The van der Waals surface area contributed by atoms with Crippen molar-refractivity contribution in [2.75, 3.05) is 0 Å². The van der Waals surface area contributed by atoms with Gasteiger partial charge in [-0.25, -0.2) is 9.97 Å². The molecular formula is C45H56N6Zn2-2. The van der Waals surface area contributed by atoms with E-state index in [-0.39, 0.29) is 61.2 Å². The number of fused-ring (bicyclic) bond motifs is 6. The van der Waals surface area contributed by atoms with Gasteiger partial charge in [0.05, 0.1) is 44.8 Å². The zero-order chi connectivity index (χ0) is 34.7. The summed E-state index contributed by atoms with van der Waals surface area (Å²) >= 11 is 0. The van der Waals surface area contributed by atoms with Gasteiger partial charge in [0.15, 0.2) is 0 Å². The Morgan fingerprint density at radius 3 is 1.06 bits per heavy atom. The Bertz CT molecular complexity index is 1980. The first kappa shape index (κ1) is 53.0. The van der Waals surface area contributed by atoms with Crippen LogP contribution in [0.1, 0.15) is 62.8 Å². The second-order valence-electron chi connectivity index (χ2n) is 9.25. The zero-order valence-electron chi connectivity index (χ0n) is 32.8. The van der Waals surface area contributed by atoms with Crippen LogP contribution < -0.4 is 0 Å². The van der Waals surface area contributed by atoms with Crippen molar-refractivity contribution in [1.29, 1.82) is 0 Å². The minimum atomic E-state index is 0. The van der Waals surface area contributed by atoms with Crippen LogP contribution in [0, 0.1) is 14.9 Å². The van der Waals surface area contributed by atoms with Crippen molar-refractivity contribution in [3.8, 4) is 22.8 Å². The number of rotatable bonds is 2. The van der Waals surface area contributed by atoms with Crippen molar-refractivity contribution in [3.05, 3.63) is 149 Å². The Hall–Kier alpha value is -4.37. The van der Waals surface area contributed by atoms with Crippen LogP contribution in [0.3, 0.4) is 0 Å². The molecule has 6 heterocycles. The SMILES string of the molecule is C.CC.CC.CC.CC.[CH3-].[CH3-].[Zn].[Zn].c1ccc(-c2cccc(-c3ccccn3)n2)nc1.c1cnc2c(c1)ccc1cc3ccc4cccnc4c3nc12. The third kappa shape index (κ3) is 13.5. The van der Waals surface area contributed by atoms with Gasteiger partial charge in [-0.1, -0.05) is 117 Å². The third-order valence-corrected chi connectivity index (χ3v) is 6.70. The van der Waals surface area contributed by atoms with Crippen molar-refractivity contribution >= 4 is 43.6 Å². The van der Waals surface area contributed by atoms with E-state index >= 15 is 0 Å². The normalized spacial score (nSPS) is 8.75.